The second kappa shape index (κ2) is 13.9. The van der Waals surface area contributed by atoms with Crippen molar-refractivity contribution in [3.8, 4) is 0 Å². The van der Waals surface area contributed by atoms with Gasteiger partial charge in [-0.3, -0.25) is 24.8 Å². The van der Waals surface area contributed by atoms with Gasteiger partial charge in [0.15, 0.2) is 11.5 Å². The summed E-state index contributed by atoms with van der Waals surface area (Å²) in [5, 5.41) is 16.2. The van der Waals surface area contributed by atoms with Gasteiger partial charge >= 0.3 is 12.2 Å². The molecule has 0 aliphatic carbocycles. The van der Waals surface area contributed by atoms with E-state index in [4.69, 9.17) is 4.74 Å². The number of rotatable bonds is 8. The Balaban J connectivity index is 1.44. The van der Waals surface area contributed by atoms with Crippen LogP contribution in [-0.2, 0) is 11.3 Å². The Morgan fingerprint density at radius 3 is 2.49 bits per heavy atom. The third kappa shape index (κ3) is 7.83. The Morgan fingerprint density at radius 2 is 1.79 bits per heavy atom. The first kappa shape index (κ1) is 32.9. The van der Waals surface area contributed by atoms with Gasteiger partial charge in [0.25, 0.3) is 5.91 Å². The number of pyridine rings is 2. The lowest BCUT2D eigenvalue weighted by atomic mass is 9.97. The monoisotopic (exact) mass is 638 g/mol. The summed E-state index contributed by atoms with van der Waals surface area (Å²) >= 11 is 0. The molecule has 1 atom stereocenters. The first-order valence-electron chi connectivity index (χ1n) is 15.4. The third-order valence-corrected chi connectivity index (χ3v) is 7.97. The minimum atomic E-state index is -0.981. The highest BCUT2D eigenvalue weighted by atomic mass is 16.5. The topological polar surface area (TPSA) is 154 Å². The summed E-state index contributed by atoms with van der Waals surface area (Å²) in [7, 11) is 0. The number of aromatic nitrogens is 2. The summed E-state index contributed by atoms with van der Waals surface area (Å²) < 4.78 is 5.40. The van der Waals surface area contributed by atoms with E-state index in [0.717, 1.165) is 12.0 Å². The van der Waals surface area contributed by atoms with Crippen molar-refractivity contribution in [2.24, 2.45) is 0 Å². The van der Waals surface area contributed by atoms with Gasteiger partial charge in [-0.1, -0.05) is 42.5 Å². The number of amides is 3. The van der Waals surface area contributed by atoms with Crippen LogP contribution in [0.2, 0.25) is 0 Å². The Kier molecular flexibility index (Phi) is 9.69. The average Bonchev–Trinajstić information content (AvgIpc) is 3.03. The van der Waals surface area contributed by atoms with Crippen LogP contribution in [0.25, 0.3) is 10.9 Å². The molecule has 2 aromatic heterocycles. The third-order valence-electron chi connectivity index (χ3n) is 7.97. The normalized spacial score (nSPS) is 14.7. The zero-order chi connectivity index (χ0) is 33.7. The molecule has 3 N–H and O–H groups in total. The van der Waals surface area contributed by atoms with E-state index in [2.05, 4.69) is 20.6 Å². The van der Waals surface area contributed by atoms with Gasteiger partial charge in [0.05, 0.1) is 34.8 Å². The van der Waals surface area contributed by atoms with Crippen LogP contribution in [-0.4, -0.2) is 68.5 Å². The summed E-state index contributed by atoms with van der Waals surface area (Å²) in [5.41, 5.74) is 2.13. The summed E-state index contributed by atoms with van der Waals surface area (Å²) in [6, 6.07) is 17.3. The average molecular weight is 639 g/mol. The number of nitrogens with zero attached hydrogens (tertiary/aromatic N) is 4. The Hall–Kier alpha value is -5.52. The molecule has 3 amide bonds. The Bertz CT molecular complexity index is 1810. The number of nitrogens with one attached hydrogen (secondary N) is 2. The van der Waals surface area contributed by atoms with E-state index in [1.807, 2.05) is 56.0 Å². The minimum absolute atomic E-state index is 0.0293. The highest BCUT2D eigenvalue weighted by Gasteiger charge is 2.36. The number of piperidine rings is 1. The number of ketones is 1. The fraction of sp³-hybridized carbons (Fsp3) is 0.314. The molecule has 3 heterocycles. The van der Waals surface area contributed by atoms with Crippen LogP contribution in [0.4, 0.5) is 26.7 Å². The number of Topliss-reactive ketones (excluding diaryl/α,β-unsaturated/α-hetero) is 1. The van der Waals surface area contributed by atoms with Gasteiger partial charge in [-0.2, -0.15) is 0 Å². The van der Waals surface area contributed by atoms with Gasteiger partial charge in [0, 0.05) is 35.8 Å². The lowest BCUT2D eigenvalue weighted by Crippen LogP contribution is -2.56. The molecule has 1 fully saturated rings. The number of anilines is 3. The van der Waals surface area contributed by atoms with E-state index in [9.17, 15) is 24.3 Å². The summed E-state index contributed by atoms with van der Waals surface area (Å²) in [6.45, 7) is 8.18. The maximum absolute atomic E-state index is 13.9. The highest BCUT2D eigenvalue weighted by Crippen LogP contribution is 2.32. The van der Waals surface area contributed by atoms with Crippen molar-refractivity contribution in [3.05, 3.63) is 89.9 Å². The fourth-order valence-electron chi connectivity index (χ4n) is 5.84. The van der Waals surface area contributed by atoms with Crippen molar-refractivity contribution in [1.29, 1.82) is 0 Å². The largest absolute Gasteiger partial charge is 0.465 e. The second-order valence-corrected chi connectivity index (χ2v) is 12.4. The molecular weight excluding hydrogens is 600 g/mol. The molecule has 0 spiro atoms. The maximum atomic E-state index is 13.9. The summed E-state index contributed by atoms with van der Waals surface area (Å²) in [4.78, 5) is 63.4. The van der Waals surface area contributed by atoms with Crippen LogP contribution in [0.5, 0.6) is 0 Å². The zero-order valence-corrected chi connectivity index (χ0v) is 26.8. The number of fused-ring (bicyclic) bond motifs is 1. The number of hydrogen-bond acceptors (Lipinski definition) is 8. The van der Waals surface area contributed by atoms with Gasteiger partial charge in [-0.25, -0.2) is 14.6 Å². The number of benzene rings is 2. The Morgan fingerprint density at radius 1 is 1.02 bits per heavy atom. The van der Waals surface area contributed by atoms with E-state index >= 15 is 0 Å². The highest BCUT2D eigenvalue weighted by molar-refractivity contribution is 6.11. The number of carbonyl (C=O) groups excluding carboxylic acids is 3. The molecule has 1 aliphatic rings. The molecule has 1 saturated heterocycles. The van der Waals surface area contributed by atoms with E-state index in [-0.39, 0.29) is 29.8 Å². The van der Waals surface area contributed by atoms with Gasteiger partial charge in [-0.15, -0.1) is 0 Å². The standard InChI is InChI=1S/C35H38N6O6/c1-22(42)24-12-13-25-18-28(39-33(44)47-21-23-9-6-5-7-10-23)31(37-27(25)17-24)32(43)38-29-19-36-15-14-30(29)40-16-8-11-26(20-40)41(34(45)46)35(2,3)4/h5-7,9-10,12-15,17-19,26H,8,11,16,20-21H2,1-4H3,(H,38,43)(H,39,44)(H,45,46)/t26-/m0/s1. The predicted molar refractivity (Wildman–Crippen MR) is 179 cm³/mol. The van der Waals surface area contributed by atoms with Crippen LogP contribution in [0.15, 0.2) is 73.1 Å². The molecule has 1 aliphatic heterocycles. The van der Waals surface area contributed by atoms with Crippen molar-refractivity contribution >= 4 is 51.8 Å². The molecule has 0 radical (unpaired) electrons. The van der Waals surface area contributed by atoms with Gasteiger partial charge < -0.3 is 20.1 Å². The van der Waals surface area contributed by atoms with Crippen LogP contribution in [0, 0.1) is 0 Å². The first-order chi connectivity index (χ1) is 22.4. The van der Waals surface area contributed by atoms with Gasteiger partial charge in [0.2, 0.25) is 0 Å². The molecule has 0 bridgehead atoms. The maximum Gasteiger partial charge on any atom is 0.412 e. The molecule has 5 rings (SSSR count). The van der Waals surface area contributed by atoms with Gasteiger partial charge in [0.1, 0.15) is 6.61 Å². The number of carboxylic acid groups (broad SMARTS) is 1. The number of carbonyl (C=O) groups is 4. The molecule has 244 valence electrons. The summed E-state index contributed by atoms with van der Waals surface area (Å²) in [6.07, 6.45) is 2.85. The summed E-state index contributed by atoms with van der Waals surface area (Å²) in [5.74, 6) is -0.776. The van der Waals surface area contributed by atoms with Crippen LogP contribution < -0.4 is 15.5 Å². The molecule has 2 aromatic carbocycles. The molecule has 4 aromatic rings. The lowest BCUT2D eigenvalue weighted by molar-refractivity contribution is 0.0648. The molecule has 12 nitrogen and oxygen atoms in total. The minimum Gasteiger partial charge on any atom is -0.465 e. The van der Waals surface area contributed by atoms with Crippen molar-refractivity contribution in [2.45, 2.75) is 58.7 Å². The van der Waals surface area contributed by atoms with Crippen LogP contribution >= 0.6 is 0 Å². The fourth-order valence-corrected chi connectivity index (χ4v) is 5.84. The van der Waals surface area contributed by atoms with E-state index in [0.29, 0.717) is 47.4 Å². The molecule has 47 heavy (non-hydrogen) atoms. The van der Waals surface area contributed by atoms with Gasteiger partial charge in [-0.05, 0) is 64.3 Å². The van der Waals surface area contributed by atoms with Crippen molar-refractivity contribution in [1.82, 2.24) is 14.9 Å². The second-order valence-electron chi connectivity index (χ2n) is 12.4. The zero-order valence-electron chi connectivity index (χ0n) is 26.8. The lowest BCUT2D eigenvalue weighted by Gasteiger charge is -2.45. The molecule has 12 heteroatoms. The van der Waals surface area contributed by atoms with Crippen molar-refractivity contribution in [2.75, 3.05) is 28.6 Å². The number of hydrogen-bond donors (Lipinski definition) is 3. The predicted octanol–water partition coefficient (Wildman–Crippen LogP) is 6.58. The SMILES string of the molecule is CC(=O)c1ccc2cc(NC(=O)OCc3ccccc3)c(C(=O)Nc3cnccc3N3CCC[C@H](N(C(=O)O)C(C)(C)C)C3)nc2c1. The Labute approximate surface area is 272 Å². The van der Waals surface area contributed by atoms with Crippen LogP contribution in [0.1, 0.15) is 66.9 Å². The van der Waals surface area contributed by atoms with Crippen molar-refractivity contribution < 1.29 is 29.0 Å². The quantitative estimate of drug-likeness (QED) is 0.182. The smallest absolute Gasteiger partial charge is 0.412 e. The van der Waals surface area contributed by atoms with Crippen LogP contribution in [0.3, 0.4) is 0 Å². The van der Waals surface area contributed by atoms with Crippen molar-refractivity contribution in [3.63, 3.8) is 0 Å². The van der Waals surface area contributed by atoms with E-state index in [1.165, 1.54) is 18.0 Å². The molecular formula is C35H38N6O6. The van der Waals surface area contributed by atoms with E-state index in [1.54, 1.807) is 36.5 Å². The number of ether oxygens (including phenoxy) is 1. The molecule has 0 saturated carbocycles. The van der Waals surface area contributed by atoms with E-state index < -0.39 is 23.6 Å². The molecule has 0 unspecified atom stereocenters. The first-order valence-corrected chi connectivity index (χ1v) is 15.4.